The van der Waals surface area contributed by atoms with E-state index < -0.39 is 30.1 Å². The number of halogens is 1. The molecule has 0 bridgehead atoms. The number of alkyl halides is 1. The van der Waals surface area contributed by atoms with Crippen molar-refractivity contribution in [2.24, 2.45) is 0 Å². The first kappa shape index (κ1) is 30.2. The molecule has 0 fully saturated rings. The smallest absolute Gasteiger partial charge is 0.362 e. The van der Waals surface area contributed by atoms with Crippen LogP contribution in [0.2, 0.25) is 0 Å². The molecule has 0 saturated heterocycles. The summed E-state index contributed by atoms with van der Waals surface area (Å²) in [5, 5.41) is 0. The molecule has 11 nitrogen and oxygen atoms in total. The van der Waals surface area contributed by atoms with Gasteiger partial charge in [0.1, 0.15) is 37.4 Å². The number of quaternary nitrogens is 3. The molecule has 0 aliphatic rings. The van der Waals surface area contributed by atoms with Crippen LogP contribution in [0.5, 0.6) is 11.5 Å². The number of carbonyl (C=O) groups excluding carboxylic acids is 3. The zero-order chi connectivity index (χ0) is 27.0. The third-order valence-electron chi connectivity index (χ3n) is 4.57. The Kier molecular flexibility index (Phi) is 13.6. The molecule has 9 N–H and O–H groups in total. The second kappa shape index (κ2) is 16.7. The highest BCUT2D eigenvalue weighted by atomic mass is 35.5. The van der Waals surface area contributed by atoms with Gasteiger partial charge < -0.3 is 40.9 Å². The van der Waals surface area contributed by atoms with E-state index in [4.69, 9.17) is 35.3 Å². The lowest BCUT2D eigenvalue weighted by Gasteiger charge is -2.17. The highest BCUT2D eigenvalue weighted by Crippen LogP contribution is 2.30. The average molecular weight is 559 g/mol. The standard InChI is InChI=1S/C24H30ClN3O8S/c25-9-18(35-23(30)11-27)13-32-16-1-5-20(6-2-16)37-21-7-3-17(4-8-21)33-14-19(36-24(31)12-28)15-34-22(29)10-26/h1-8,18-19H,9-15,26-28H2/p+3. The summed E-state index contributed by atoms with van der Waals surface area (Å²) < 4.78 is 26.8. The highest BCUT2D eigenvalue weighted by molar-refractivity contribution is 7.99. The lowest BCUT2D eigenvalue weighted by atomic mass is 10.3. The van der Waals surface area contributed by atoms with E-state index in [1.54, 1.807) is 23.9 Å². The number of benzene rings is 2. The van der Waals surface area contributed by atoms with Crippen LogP contribution in [0.1, 0.15) is 0 Å². The zero-order valence-electron chi connectivity index (χ0n) is 20.4. The van der Waals surface area contributed by atoms with Crippen LogP contribution in [0.15, 0.2) is 58.3 Å². The predicted molar refractivity (Wildman–Crippen MR) is 133 cm³/mol. The molecule has 0 heterocycles. The van der Waals surface area contributed by atoms with Crippen molar-refractivity contribution in [3.8, 4) is 11.5 Å². The number of ether oxygens (including phenoxy) is 5. The number of carbonyl (C=O) groups is 3. The summed E-state index contributed by atoms with van der Waals surface area (Å²) in [5.41, 5.74) is 10.4. The number of rotatable bonds is 16. The van der Waals surface area contributed by atoms with Crippen LogP contribution in [0, 0.1) is 0 Å². The molecule has 202 valence electrons. The number of hydrogen-bond acceptors (Lipinski definition) is 9. The van der Waals surface area contributed by atoms with E-state index in [9.17, 15) is 14.4 Å². The zero-order valence-corrected chi connectivity index (χ0v) is 22.0. The normalized spacial score (nSPS) is 12.2. The van der Waals surface area contributed by atoms with Gasteiger partial charge in [-0.2, -0.15) is 0 Å². The van der Waals surface area contributed by atoms with Gasteiger partial charge in [0, 0.05) is 9.79 Å². The van der Waals surface area contributed by atoms with Crippen molar-refractivity contribution in [1.29, 1.82) is 0 Å². The van der Waals surface area contributed by atoms with Gasteiger partial charge in [0.05, 0.1) is 5.88 Å². The Balaban J connectivity index is 1.85. The topological polar surface area (TPSA) is 180 Å². The summed E-state index contributed by atoms with van der Waals surface area (Å²) in [6, 6.07) is 14.8. The minimum atomic E-state index is -0.755. The van der Waals surface area contributed by atoms with E-state index in [0.29, 0.717) is 11.5 Å². The molecule has 0 saturated carbocycles. The lowest BCUT2D eigenvalue weighted by molar-refractivity contribution is -0.362. The maximum atomic E-state index is 11.6. The van der Waals surface area contributed by atoms with Crippen LogP contribution in [0.25, 0.3) is 0 Å². The molecule has 0 aliphatic heterocycles. The van der Waals surface area contributed by atoms with Crippen LogP contribution >= 0.6 is 23.4 Å². The van der Waals surface area contributed by atoms with Crippen molar-refractivity contribution in [1.82, 2.24) is 0 Å². The Labute approximate surface area is 223 Å². The fourth-order valence-electron chi connectivity index (χ4n) is 2.70. The quantitative estimate of drug-likeness (QED) is 0.131. The first-order chi connectivity index (χ1) is 17.9. The minimum Gasteiger partial charge on any atom is -0.490 e. The third-order valence-corrected chi connectivity index (χ3v) is 5.93. The molecule has 2 unspecified atom stereocenters. The van der Waals surface area contributed by atoms with Gasteiger partial charge in [-0.1, -0.05) is 11.8 Å². The fourth-order valence-corrected chi connectivity index (χ4v) is 3.66. The van der Waals surface area contributed by atoms with E-state index in [1.165, 1.54) is 0 Å². The summed E-state index contributed by atoms with van der Waals surface area (Å²) in [6.45, 7) is 0.0166. The molecule has 2 rings (SSSR count). The van der Waals surface area contributed by atoms with E-state index in [1.807, 2.05) is 36.4 Å². The third kappa shape index (κ3) is 11.7. The molecule has 0 aliphatic carbocycles. The molecule has 13 heteroatoms. The molecule has 0 spiro atoms. The van der Waals surface area contributed by atoms with E-state index in [0.717, 1.165) is 9.79 Å². The summed E-state index contributed by atoms with van der Waals surface area (Å²) in [4.78, 5) is 36.3. The maximum Gasteiger partial charge on any atom is 0.362 e. The van der Waals surface area contributed by atoms with Crippen LogP contribution in [-0.4, -0.2) is 75.5 Å². The maximum absolute atomic E-state index is 11.6. The lowest BCUT2D eigenvalue weighted by Crippen LogP contribution is -2.56. The largest absolute Gasteiger partial charge is 0.490 e. The summed E-state index contributed by atoms with van der Waals surface area (Å²) in [5.74, 6) is -0.106. The van der Waals surface area contributed by atoms with Crippen molar-refractivity contribution in [2.45, 2.75) is 22.0 Å². The van der Waals surface area contributed by atoms with Gasteiger partial charge in [0.25, 0.3) is 0 Å². The summed E-state index contributed by atoms with van der Waals surface area (Å²) >= 11 is 7.37. The van der Waals surface area contributed by atoms with Crippen LogP contribution in [0.4, 0.5) is 0 Å². The Hall–Kier alpha value is -3.03. The molecular weight excluding hydrogens is 526 g/mol. The second-order valence-electron chi connectivity index (χ2n) is 7.48. The van der Waals surface area contributed by atoms with Crippen molar-refractivity contribution < 1.29 is 55.3 Å². The van der Waals surface area contributed by atoms with E-state index >= 15 is 0 Å². The summed E-state index contributed by atoms with van der Waals surface area (Å²) in [6.07, 6.45) is -1.30. The number of esters is 3. The van der Waals surface area contributed by atoms with Crippen LogP contribution in [-0.2, 0) is 28.6 Å². The van der Waals surface area contributed by atoms with E-state index in [2.05, 4.69) is 17.2 Å². The summed E-state index contributed by atoms with van der Waals surface area (Å²) in [7, 11) is 0. The SMILES string of the molecule is [NH3+]CC(=O)OCC(COc1ccc(Sc2ccc(OCC(CCl)OC(=O)C[NH3+])cc2)cc1)OC(=O)C[NH3+]. The fraction of sp³-hybridized carbons (Fsp3) is 0.375. The molecule has 0 radical (unpaired) electrons. The van der Waals surface area contributed by atoms with Crippen LogP contribution in [0.3, 0.4) is 0 Å². The second-order valence-corrected chi connectivity index (χ2v) is 8.93. The molecule has 0 aromatic heterocycles. The first-order valence-electron chi connectivity index (χ1n) is 11.5. The predicted octanol–water partition coefficient (Wildman–Crippen LogP) is -1.07. The number of hydrogen-bond donors (Lipinski definition) is 3. The highest BCUT2D eigenvalue weighted by Gasteiger charge is 2.18. The van der Waals surface area contributed by atoms with Gasteiger partial charge in [-0.05, 0) is 48.5 Å². The molecule has 2 aromatic rings. The molecule has 0 amide bonds. The molecule has 2 atom stereocenters. The van der Waals surface area contributed by atoms with Crippen molar-refractivity contribution >= 4 is 41.3 Å². The van der Waals surface area contributed by atoms with Crippen molar-refractivity contribution in [2.75, 3.05) is 45.3 Å². The molecular formula is C24H33ClN3O8S+3. The van der Waals surface area contributed by atoms with Gasteiger partial charge in [-0.25, -0.2) is 14.4 Å². The van der Waals surface area contributed by atoms with Crippen molar-refractivity contribution in [3.05, 3.63) is 48.5 Å². The Morgan fingerprint density at radius 1 is 0.676 bits per heavy atom. The van der Waals surface area contributed by atoms with Gasteiger partial charge in [0.2, 0.25) is 0 Å². The van der Waals surface area contributed by atoms with Gasteiger partial charge in [-0.15, -0.1) is 11.6 Å². The Morgan fingerprint density at radius 3 is 1.54 bits per heavy atom. The van der Waals surface area contributed by atoms with Gasteiger partial charge >= 0.3 is 17.9 Å². The van der Waals surface area contributed by atoms with Crippen LogP contribution < -0.4 is 26.7 Å². The molecule has 2 aromatic carbocycles. The Bertz CT molecular complexity index is 994. The van der Waals surface area contributed by atoms with Gasteiger partial charge in [0.15, 0.2) is 25.7 Å². The average Bonchev–Trinajstić information content (AvgIpc) is 2.93. The van der Waals surface area contributed by atoms with E-state index in [-0.39, 0.29) is 45.3 Å². The Morgan fingerprint density at radius 2 is 1.11 bits per heavy atom. The monoisotopic (exact) mass is 558 g/mol. The van der Waals surface area contributed by atoms with Crippen molar-refractivity contribution in [3.63, 3.8) is 0 Å². The first-order valence-corrected chi connectivity index (χ1v) is 12.8. The molecule has 37 heavy (non-hydrogen) atoms. The minimum absolute atomic E-state index is 0.0171. The van der Waals surface area contributed by atoms with Gasteiger partial charge in [-0.3, -0.25) is 0 Å².